The fraction of sp³-hybridized carbons (Fsp3) is 0.500. The number of nitrogens with one attached hydrogen (secondary N) is 1. The average Bonchev–Trinajstić information content (AvgIpc) is 2.86. The van der Waals surface area contributed by atoms with Gasteiger partial charge < -0.3 is 14.5 Å². The first-order valence-corrected chi connectivity index (χ1v) is 13.1. The third-order valence-electron chi connectivity index (χ3n) is 6.72. The van der Waals surface area contributed by atoms with Crippen LogP contribution in [0.2, 0.25) is 10.0 Å². The van der Waals surface area contributed by atoms with Gasteiger partial charge in [0.05, 0.1) is 15.7 Å². The number of carbonyl (C=O) groups excluding carboxylic acids is 1. The van der Waals surface area contributed by atoms with Crippen LogP contribution in [-0.2, 0) is 4.74 Å². The number of amides is 1. The predicted octanol–water partition coefficient (Wildman–Crippen LogP) is 7.15. The van der Waals surface area contributed by atoms with Crippen molar-refractivity contribution in [3.63, 3.8) is 0 Å². The second kappa shape index (κ2) is 13.2. The van der Waals surface area contributed by atoms with Crippen molar-refractivity contribution >= 4 is 58.8 Å². The summed E-state index contributed by atoms with van der Waals surface area (Å²) in [6.07, 6.45) is 0.376. The summed E-state index contributed by atoms with van der Waals surface area (Å²) < 4.78 is 32.8. The largest absolute Gasteiger partial charge is 0.430 e. The molecule has 0 bridgehead atoms. The maximum Gasteiger partial charge on any atom is 0.413 e. The number of halogens is 5. The molecule has 0 aliphatic carbocycles. The number of benzene rings is 2. The molecule has 0 radical (unpaired) electrons. The van der Waals surface area contributed by atoms with Gasteiger partial charge in [-0.3, -0.25) is 10.2 Å². The van der Waals surface area contributed by atoms with Gasteiger partial charge in [0.25, 0.3) is 5.92 Å². The van der Waals surface area contributed by atoms with E-state index < -0.39 is 12.0 Å². The van der Waals surface area contributed by atoms with E-state index in [1.54, 1.807) is 24.3 Å². The predicted molar refractivity (Wildman–Crippen MR) is 149 cm³/mol. The zero-order chi connectivity index (χ0) is 25.7. The smallest absolute Gasteiger partial charge is 0.413 e. The van der Waals surface area contributed by atoms with E-state index in [0.717, 1.165) is 44.0 Å². The van der Waals surface area contributed by atoms with E-state index in [1.807, 2.05) is 23.1 Å². The van der Waals surface area contributed by atoms with Crippen LogP contribution in [0.1, 0.15) is 32.6 Å². The van der Waals surface area contributed by atoms with E-state index in [0.29, 0.717) is 22.2 Å². The van der Waals surface area contributed by atoms with Crippen molar-refractivity contribution in [3.05, 3.63) is 52.5 Å². The van der Waals surface area contributed by atoms with Crippen LogP contribution in [0.25, 0.3) is 0 Å². The lowest BCUT2D eigenvalue weighted by molar-refractivity contribution is -0.0220. The van der Waals surface area contributed by atoms with E-state index in [4.69, 9.17) is 27.9 Å². The fourth-order valence-electron chi connectivity index (χ4n) is 4.69. The van der Waals surface area contributed by atoms with Crippen molar-refractivity contribution in [3.8, 4) is 0 Å². The van der Waals surface area contributed by atoms with Gasteiger partial charge in [-0.15, -0.1) is 12.4 Å². The highest BCUT2D eigenvalue weighted by atomic mass is 35.5. The fourth-order valence-corrected chi connectivity index (χ4v) is 5.11. The van der Waals surface area contributed by atoms with Gasteiger partial charge in [0.15, 0.2) is 6.23 Å². The number of rotatable bonds is 7. The Hall–Kier alpha value is -2.00. The Morgan fingerprint density at radius 2 is 1.70 bits per heavy atom. The third kappa shape index (κ3) is 7.76. The molecule has 2 saturated heterocycles. The highest BCUT2D eigenvalue weighted by Gasteiger charge is 2.34. The van der Waals surface area contributed by atoms with Crippen LogP contribution < -0.4 is 15.1 Å². The minimum Gasteiger partial charge on any atom is -0.430 e. The lowest BCUT2D eigenvalue weighted by atomic mass is 10.1. The number of hydrogen-bond donors (Lipinski definition) is 1. The first kappa shape index (κ1) is 29.6. The van der Waals surface area contributed by atoms with Crippen molar-refractivity contribution in [2.45, 2.75) is 44.8 Å². The topological polar surface area (TPSA) is 48.1 Å². The summed E-state index contributed by atoms with van der Waals surface area (Å²) in [5.74, 6) is -2.60. The van der Waals surface area contributed by atoms with Gasteiger partial charge in [0, 0.05) is 63.5 Å². The molecule has 37 heavy (non-hydrogen) atoms. The molecule has 1 amide bonds. The normalized spacial score (nSPS) is 18.6. The molecule has 0 spiro atoms. The molecule has 2 aliphatic heterocycles. The summed E-state index contributed by atoms with van der Waals surface area (Å²) in [6, 6.07) is 12.9. The molecular weight excluding hydrogens is 545 g/mol. The molecule has 0 saturated carbocycles. The number of piperidine rings is 1. The van der Waals surface area contributed by atoms with Crippen LogP contribution in [-0.4, -0.2) is 62.4 Å². The number of alkyl halides is 2. The molecule has 1 atom stereocenters. The Labute approximate surface area is 233 Å². The highest BCUT2D eigenvalue weighted by Crippen LogP contribution is 2.33. The summed E-state index contributed by atoms with van der Waals surface area (Å²) in [5, 5.41) is 3.89. The molecular formula is C26H33Cl3F2N4O2. The first-order chi connectivity index (χ1) is 17.3. The molecule has 11 heteroatoms. The molecule has 2 aliphatic rings. The summed E-state index contributed by atoms with van der Waals surface area (Å²) in [6.45, 7) is 5.54. The van der Waals surface area contributed by atoms with E-state index in [9.17, 15) is 13.6 Å². The monoisotopic (exact) mass is 576 g/mol. The molecule has 2 fully saturated rings. The number of nitrogens with zero attached hydrogens (tertiary/aromatic N) is 3. The number of ether oxygens (including phenoxy) is 1. The van der Waals surface area contributed by atoms with E-state index >= 15 is 0 Å². The van der Waals surface area contributed by atoms with Crippen molar-refractivity contribution in [1.29, 1.82) is 0 Å². The zero-order valence-electron chi connectivity index (χ0n) is 20.8. The summed E-state index contributed by atoms with van der Waals surface area (Å²) >= 11 is 12.6. The highest BCUT2D eigenvalue weighted by molar-refractivity contribution is 6.43. The van der Waals surface area contributed by atoms with Crippen molar-refractivity contribution in [1.82, 2.24) is 4.90 Å². The maximum absolute atomic E-state index is 13.5. The Kier molecular flexibility index (Phi) is 10.5. The maximum atomic E-state index is 13.5. The van der Waals surface area contributed by atoms with Crippen molar-refractivity contribution in [2.75, 3.05) is 54.4 Å². The van der Waals surface area contributed by atoms with E-state index in [1.165, 1.54) is 0 Å². The molecule has 1 N–H and O–H groups in total. The van der Waals surface area contributed by atoms with Gasteiger partial charge in [0.2, 0.25) is 0 Å². The Balaban J connectivity index is 0.00000380. The van der Waals surface area contributed by atoms with Gasteiger partial charge in [-0.05, 0) is 36.8 Å². The number of hydrogen-bond acceptors (Lipinski definition) is 5. The average molecular weight is 578 g/mol. The van der Waals surface area contributed by atoms with E-state index in [-0.39, 0.29) is 44.6 Å². The van der Waals surface area contributed by atoms with Crippen LogP contribution in [0, 0.1) is 0 Å². The van der Waals surface area contributed by atoms with Crippen LogP contribution in [0.3, 0.4) is 0 Å². The SMILES string of the molecule is CCCC(OC(=O)Nc1cccc(N2CCC(F)(F)CC2)c1)N1CCN(c2cccc(Cl)c2Cl)CC1.Cl. The van der Waals surface area contributed by atoms with Crippen LogP contribution in [0.4, 0.5) is 30.6 Å². The Morgan fingerprint density at radius 3 is 2.38 bits per heavy atom. The molecule has 6 nitrogen and oxygen atoms in total. The van der Waals surface area contributed by atoms with Crippen LogP contribution >= 0.6 is 35.6 Å². The number of carbonyl (C=O) groups is 1. The van der Waals surface area contributed by atoms with Gasteiger partial charge in [-0.25, -0.2) is 13.6 Å². The number of piperazine rings is 1. The zero-order valence-corrected chi connectivity index (χ0v) is 23.1. The lowest BCUT2D eigenvalue weighted by Gasteiger charge is -2.39. The second-order valence-corrected chi connectivity index (χ2v) is 10.0. The molecule has 204 valence electrons. The third-order valence-corrected chi connectivity index (χ3v) is 7.53. The molecule has 2 aromatic rings. The van der Waals surface area contributed by atoms with Gasteiger partial charge in [0.1, 0.15) is 0 Å². The van der Waals surface area contributed by atoms with Crippen molar-refractivity contribution in [2.24, 2.45) is 0 Å². The molecule has 0 aromatic heterocycles. The van der Waals surface area contributed by atoms with Gasteiger partial charge >= 0.3 is 6.09 Å². The van der Waals surface area contributed by atoms with Gasteiger partial charge in [-0.2, -0.15) is 0 Å². The molecule has 1 unspecified atom stereocenters. The standard InChI is InChI=1S/C26H32Cl2F2N4O2.ClH/c1-2-5-23(34-16-14-33(15-17-34)22-9-4-8-21(27)24(22)28)36-25(35)31-19-6-3-7-20(18-19)32-12-10-26(29,30)11-13-32;/h3-4,6-9,18,23H,2,5,10-17H2,1H3,(H,31,35);1H. The van der Waals surface area contributed by atoms with Crippen molar-refractivity contribution < 1.29 is 18.3 Å². The quantitative estimate of drug-likeness (QED) is 0.379. The van der Waals surface area contributed by atoms with E-state index in [2.05, 4.69) is 22.0 Å². The van der Waals surface area contributed by atoms with Gasteiger partial charge in [-0.1, -0.05) is 48.7 Å². The molecule has 2 aromatic carbocycles. The molecule has 4 rings (SSSR count). The Bertz CT molecular complexity index is 1040. The first-order valence-electron chi connectivity index (χ1n) is 12.4. The summed E-state index contributed by atoms with van der Waals surface area (Å²) in [7, 11) is 0. The minimum absolute atomic E-state index is 0. The lowest BCUT2D eigenvalue weighted by Crippen LogP contribution is -2.52. The minimum atomic E-state index is -2.60. The number of anilines is 3. The summed E-state index contributed by atoms with van der Waals surface area (Å²) in [4.78, 5) is 19.0. The Morgan fingerprint density at radius 1 is 1.03 bits per heavy atom. The van der Waals surface area contributed by atoms with Crippen LogP contribution in [0.15, 0.2) is 42.5 Å². The second-order valence-electron chi connectivity index (χ2n) is 9.26. The molecule has 2 heterocycles. The summed E-state index contributed by atoms with van der Waals surface area (Å²) in [5.41, 5.74) is 2.29. The van der Waals surface area contributed by atoms with Crippen LogP contribution in [0.5, 0.6) is 0 Å².